The normalized spacial score (nSPS) is 17.8. The van der Waals surface area contributed by atoms with E-state index in [1.165, 1.54) is 12.3 Å². The van der Waals surface area contributed by atoms with Gasteiger partial charge in [-0.15, -0.1) is 0 Å². The van der Waals surface area contributed by atoms with E-state index in [0.717, 1.165) is 11.6 Å². The van der Waals surface area contributed by atoms with Crippen LogP contribution < -0.4 is 10.2 Å². The van der Waals surface area contributed by atoms with Crippen LogP contribution in [0.15, 0.2) is 42.6 Å². The summed E-state index contributed by atoms with van der Waals surface area (Å²) in [5.74, 6) is -0.662. The van der Waals surface area contributed by atoms with Gasteiger partial charge in [0.05, 0.1) is 11.5 Å². The Labute approximate surface area is 150 Å². The summed E-state index contributed by atoms with van der Waals surface area (Å²) < 4.78 is 39.7. The molecule has 0 bridgehead atoms. The molecule has 1 aliphatic heterocycles. The largest absolute Gasteiger partial charge is 0.419 e. The van der Waals surface area contributed by atoms with Crippen molar-refractivity contribution in [2.45, 2.75) is 25.9 Å². The molecule has 26 heavy (non-hydrogen) atoms. The second kappa shape index (κ2) is 7.35. The van der Waals surface area contributed by atoms with Crippen LogP contribution in [0.5, 0.6) is 0 Å². The lowest BCUT2D eigenvalue weighted by Crippen LogP contribution is -2.42. The van der Waals surface area contributed by atoms with Crippen molar-refractivity contribution >= 4 is 17.4 Å². The monoisotopic (exact) mass is 363 g/mol. The minimum atomic E-state index is -4.47. The standard InChI is InChI=1S/C19H20F3N3O/c1-13-5-2-7-15(11-13)24-18(26)14-6-4-10-25(12-14)17-16(19(20,21)22)8-3-9-23-17/h2-3,5,7-9,11,14H,4,6,10,12H2,1H3,(H,24,26). The average molecular weight is 363 g/mol. The minimum absolute atomic E-state index is 0.104. The number of alkyl halides is 3. The molecule has 7 heteroatoms. The van der Waals surface area contributed by atoms with Gasteiger partial charge in [0.1, 0.15) is 5.82 Å². The lowest BCUT2D eigenvalue weighted by molar-refractivity contribution is -0.137. The number of nitrogens with zero attached hydrogens (tertiary/aromatic N) is 2. The first kappa shape index (κ1) is 18.2. The Hall–Kier alpha value is -2.57. The number of hydrogen-bond donors (Lipinski definition) is 1. The number of rotatable bonds is 3. The Balaban J connectivity index is 1.75. The fourth-order valence-corrected chi connectivity index (χ4v) is 3.22. The molecular formula is C19H20F3N3O. The number of carbonyl (C=O) groups is 1. The average Bonchev–Trinajstić information content (AvgIpc) is 2.61. The van der Waals surface area contributed by atoms with Crippen molar-refractivity contribution in [2.24, 2.45) is 5.92 Å². The van der Waals surface area contributed by atoms with Crippen LogP contribution in [0.2, 0.25) is 0 Å². The number of aromatic nitrogens is 1. The number of piperidine rings is 1. The number of pyridine rings is 1. The van der Waals surface area contributed by atoms with Gasteiger partial charge in [-0.1, -0.05) is 12.1 Å². The zero-order valence-corrected chi connectivity index (χ0v) is 14.4. The smallest absolute Gasteiger partial charge is 0.355 e. The number of halogens is 3. The topological polar surface area (TPSA) is 45.2 Å². The number of amides is 1. The molecule has 1 saturated heterocycles. The Kier molecular flexibility index (Phi) is 5.15. The van der Waals surface area contributed by atoms with E-state index in [9.17, 15) is 18.0 Å². The van der Waals surface area contributed by atoms with Gasteiger partial charge in [-0.25, -0.2) is 4.98 Å². The lowest BCUT2D eigenvalue weighted by atomic mass is 9.96. The molecule has 2 aromatic rings. The maximum atomic E-state index is 13.2. The van der Waals surface area contributed by atoms with E-state index in [0.29, 0.717) is 25.1 Å². The van der Waals surface area contributed by atoms with Gasteiger partial charge in [0.2, 0.25) is 5.91 Å². The first-order valence-corrected chi connectivity index (χ1v) is 8.49. The first-order valence-electron chi connectivity index (χ1n) is 8.49. The second-order valence-electron chi connectivity index (χ2n) is 6.52. The molecule has 138 valence electrons. The zero-order valence-electron chi connectivity index (χ0n) is 14.4. The quantitative estimate of drug-likeness (QED) is 0.886. The number of nitrogens with one attached hydrogen (secondary N) is 1. The highest BCUT2D eigenvalue weighted by atomic mass is 19.4. The highest BCUT2D eigenvalue weighted by Crippen LogP contribution is 2.36. The van der Waals surface area contributed by atoms with Crippen LogP contribution >= 0.6 is 0 Å². The predicted molar refractivity (Wildman–Crippen MR) is 94.0 cm³/mol. The molecule has 1 fully saturated rings. The van der Waals surface area contributed by atoms with Gasteiger partial charge in [0.15, 0.2) is 0 Å². The van der Waals surface area contributed by atoms with Crippen molar-refractivity contribution < 1.29 is 18.0 Å². The molecule has 0 radical (unpaired) electrons. The minimum Gasteiger partial charge on any atom is -0.355 e. The van der Waals surface area contributed by atoms with Crippen LogP contribution in [-0.2, 0) is 11.0 Å². The summed E-state index contributed by atoms with van der Waals surface area (Å²) in [6, 6.07) is 9.74. The van der Waals surface area contributed by atoms with Crippen LogP contribution in [0.1, 0.15) is 24.0 Å². The van der Waals surface area contributed by atoms with Crippen LogP contribution in [-0.4, -0.2) is 24.0 Å². The molecule has 0 spiro atoms. The predicted octanol–water partition coefficient (Wildman–Crippen LogP) is 4.26. The molecule has 4 nitrogen and oxygen atoms in total. The van der Waals surface area contributed by atoms with Crippen LogP contribution in [0, 0.1) is 12.8 Å². The van der Waals surface area contributed by atoms with E-state index in [1.54, 1.807) is 11.0 Å². The Bertz CT molecular complexity index is 792. The van der Waals surface area contributed by atoms with Crippen molar-refractivity contribution in [2.75, 3.05) is 23.3 Å². The zero-order chi connectivity index (χ0) is 18.7. The second-order valence-corrected chi connectivity index (χ2v) is 6.52. The van der Waals surface area contributed by atoms with Crippen molar-refractivity contribution in [1.82, 2.24) is 4.98 Å². The summed E-state index contributed by atoms with van der Waals surface area (Å²) in [6.45, 7) is 2.60. The molecule has 2 heterocycles. The number of anilines is 2. The van der Waals surface area contributed by atoms with Crippen molar-refractivity contribution in [3.63, 3.8) is 0 Å². The van der Waals surface area contributed by atoms with Gasteiger partial charge in [-0.05, 0) is 49.6 Å². The number of carbonyl (C=O) groups excluding carboxylic acids is 1. The van der Waals surface area contributed by atoms with Crippen LogP contribution in [0.25, 0.3) is 0 Å². The van der Waals surface area contributed by atoms with E-state index >= 15 is 0 Å². The maximum Gasteiger partial charge on any atom is 0.419 e. The van der Waals surface area contributed by atoms with Crippen molar-refractivity contribution in [1.29, 1.82) is 0 Å². The van der Waals surface area contributed by atoms with Crippen molar-refractivity contribution in [3.05, 3.63) is 53.7 Å². The maximum absolute atomic E-state index is 13.2. The Morgan fingerprint density at radius 2 is 2.08 bits per heavy atom. The highest BCUT2D eigenvalue weighted by Gasteiger charge is 2.37. The van der Waals surface area contributed by atoms with E-state index in [4.69, 9.17) is 0 Å². The molecule has 1 aromatic heterocycles. The van der Waals surface area contributed by atoms with Gasteiger partial charge in [-0.3, -0.25) is 4.79 Å². The molecule has 3 rings (SSSR count). The summed E-state index contributed by atoms with van der Waals surface area (Å²) in [4.78, 5) is 18.1. The molecule has 1 aromatic carbocycles. The van der Waals surface area contributed by atoms with Gasteiger partial charge in [-0.2, -0.15) is 13.2 Å². The third-order valence-electron chi connectivity index (χ3n) is 4.47. The van der Waals surface area contributed by atoms with Crippen molar-refractivity contribution in [3.8, 4) is 0 Å². The number of benzene rings is 1. The Morgan fingerprint density at radius 3 is 2.81 bits per heavy atom. The van der Waals surface area contributed by atoms with E-state index in [2.05, 4.69) is 10.3 Å². The van der Waals surface area contributed by atoms with Gasteiger partial charge in [0, 0.05) is 25.0 Å². The summed E-state index contributed by atoms with van der Waals surface area (Å²) in [5.41, 5.74) is 0.956. The summed E-state index contributed by atoms with van der Waals surface area (Å²) in [5, 5.41) is 2.86. The van der Waals surface area contributed by atoms with Crippen LogP contribution in [0.4, 0.5) is 24.7 Å². The lowest BCUT2D eigenvalue weighted by Gasteiger charge is -2.34. The van der Waals surface area contributed by atoms with Gasteiger partial charge < -0.3 is 10.2 Å². The fraction of sp³-hybridized carbons (Fsp3) is 0.368. The van der Waals surface area contributed by atoms with Gasteiger partial charge >= 0.3 is 6.18 Å². The van der Waals surface area contributed by atoms with E-state index in [-0.39, 0.29) is 24.2 Å². The van der Waals surface area contributed by atoms with Crippen LogP contribution in [0.3, 0.4) is 0 Å². The SMILES string of the molecule is Cc1cccc(NC(=O)C2CCCN(c3ncccc3C(F)(F)F)C2)c1. The van der Waals surface area contributed by atoms with E-state index in [1.807, 2.05) is 25.1 Å². The molecule has 1 N–H and O–H groups in total. The third-order valence-corrected chi connectivity index (χ3v) is 4.47. The fourth-order valence-electron chi connectivity index (χ4n) is 3.22. The Morgan fingerprint density at radius 1 is 1.27 bits per heavy atom. The number of aryl methyl sites for hydroxylation is 1. The molecular weight excluding hydrogens is 343 g/mol. The third kappa shape index (κ3) is 4.15. The summed E-state index contributed by atoms with van der Waals surface area (Å²) in [6.07, 6.45) is -1.84. The molecule has 1 unspecified atom stereocenters. The number of hydrogen-bond acceptors (Lipinski definition) is 3. The molecule has 1 atom stereocenters. The van der Waals surface area contributed by atoms with E-state index < -0.39 is 11.7 Å². The first-order chi connectivity index (χ1) is 12.3. The summed E-state index contributed by atoms with van der Waals surface area (Å²) in [7, 11) is 0. The molecule has 0 aliphatic carbocycles. The summed E-state index contributed by atoms with van der Waals surface area (Å²) >= 11 is 0. The molecule has 1 amide bonds. The van der Waals surface area contributed by atoms with Gasteiger partial charge in [0.25, 0.3) is 0 Å². The highest BCUT2D eigenvalue weighted by molar-refractivity contribution is 5.93. The molecule has 0 saturated carbocycles. The molecule has 1 aliphatic rings.